The van der Waals surface area contributed by atoms with Gasteiger partial charge < -0.3 is 5.73 Å². The summed E-state index contributed by atoms with van der Waals surface area (Å²) in [6.45, 7) is 0. The molecule has 72 valence electrons. The molecule has 0 amide bonds. The monoisotopic (exact) mass is 191 g/mol. The quantitative estimate of drug-likeness (QED) is 0.759. The highest BCUT2D eigenvalue weighted by atomic mass is 19.1. The van der Waals surface area contributed by atoms with Gasteiger partial charge in [-0.05, 0) is 17.7 Å². The van der Waals surface area contributed by atoms with E-state index in [0.717, 1.165) is 11.3 Å². The summed E-state index contributed by atoms with van der Waals surface area (Å²) in [5.74, 6) is -0.230. The number of H-pyrrole nitrogens is 1. The van der Waals surface area contributed by atoms with E-state index in [1.807, 2.05) is 0 Å². The molecule has 0 aliphatic carbocycles. The molecule has 0 saturated heterocycles. The highest BCUT2D eigenvalue weighted by molar-refractivity contribution is 5.42. The molecule has 3 nitrogen and oxygen atoms in total. The summed E-state index contributed by atoms with van der Waals surface area (Å²) in [7, 11) is 0. The number of hydrogen-bond donors (Lipinski definition) is 2. The van der Waals surface area contributed by atoms with Gasteiger partial charge in [-0.15, -0.1) is 0 Å². The van der Waals surface area contributed by atoms with Gasteiger partial charge in [0.15, 0.2) is 0 Å². The van der Waals surface area contributed by atoms with Crippen molar-refractivity contribution in [2.75, 3.05) is 5.73 Å². The van der Waals surface area contributed by atoms with Crippen LogP contribution in [-0.4, -0.2) is 10.2 Å². The summed E-state index contributed by atoms with van der Waals surface area (Å²) in [5.41, 5.74) is 8.14. The van der Waals surface area contributed by atoms with Gasteiger partial charge in [-0.25, -0.2) is 4.39 Å². The minimum atomic E-state index is -0.230. The van der Waals surface area contributed by atoms with Crippen LogP contribution in [0.2, 0.25) is 0 Å². The van der Waals surface area contributed by atoms with Crippen LogP contribution in [0.25, 0.3) is 0 Å². The maximum absolute atomic E-state index is 12.6. The van der Waals surface area contributed by atoms with Crippen molar-refractivity contribution < 1.29 is 4.39 Å². The molecule has 14 heavy (non-hydrogen) atoms. The molecule has 0 spiro atoms. The predicted octanol–water partition coefficient (Wildman–Crippen LogP) is 1.72. The van der Waals surface area contributed by atoms with Gasteiger partial charge in [-0.3, -0.25) is 5.10 Å². The Morgan fingerprint density at radius 3 is 2.57 bits per heavy atom. The molecule has 0 fully saturated rings. The summed E-state index contributed by atoms with van der Waals surface area (Å²) in [4.78, 5) is 0. The van der Waals surface area contributed by atoms with Crippen molar-refractivity contribution in [2.45, 2.75) is 6.42 Å². The van der Waals surface area contributed by atoms with Crippen LogP contribution in [0.1, 0.15) is 11.3 Å². The third kappa shape index (κ3) is 1.74. The molecule has 0 aliphatic rings. The highest BCUT2D eigenvalue weighted by Gasteiger charge is 2.02. The summed E-state index contributed by atoms with van der Waals surface area (Å²) >= 11 is 0. The number of rotatable bonds is 2. The Morgan fingerprint density at radius 2 is 2.00 bits per heavy atom. The van der Waals surface area contributed by atoms with Gasteiger partial charge in [0.2, 0.25) is 0 Å². The van der Waals surface area contributed by atoms with Crippen molar-refractivity contribution in [1.82, 2.24) is 10.2 Å². The second kappa shape index (κ2) is 3.49. The van der Waals surface area contributed by atoms with Gasteiger partial charge >= 0.3 is 0 Å². The fourth-order valence-corrected chi connectivity index (χ4v) is 1.27. The van der Waals surface area contributed by atoms with Crippen LogP contribution >= 0.6 is 0 Å². The molecule has 0 aliphatic heterocycles. The van der Waals surface area contributed by atoms with E-state index in [0.29, 0.717) is 12.1 Å². The molecule has 1 heterocycles. The Balaban J connectivity index is 2.19. The normalized spacial score (nSPS) is 10.4. The maximum Gasteiger partial charge on any atom is 0.123 e. The van der Waals surface area contributed by atoms with Crippen molar-refractivity contribution in [3.05, 3.63) is 47.5 Å². The topological polar surface area (TPSA) is 54.7 Å². The van der Waals surface area contributed by atoms with E-state index in [4.69, 9.17) is 5.73 Å². The van der Waals surface area contributed by atoms with E-state index in [1.54, 1.807) is 18.3 Å². The Bertz CT molecular complexity index is 419. The summed E-state index contributed by atoms with van der Waals surface area (Å²) in [5, 5.41) is 6.61. The number of aromatic amines is 1. The van der Waals surface area contributed by atoms with E-state index in [2.05, 4.69) is 10.2 Å². The fourth-order valence-electron chi connectivity index (χ4n) is 1.27. The van der Waals surface area contributed by atoms with E-state index in [1.165, 1.54) is 12.1 Å². The first-order chi connectivity index (χ1) is 6.75. The van der Waals surface area contributed by atoms with E-state index < -0.39 is 0 Å². The molecule has 0 saturated carbocycles. The molecule has 0 bridgehead atoms. The zero-order valence-corrected chi connectivity index (χ0v) is 7.50. The predicted molar refractivity (Wildman–Crippen MR) is 52.2 cm³/mol. The van der Waals surface area contributed by atoms with Crippen LogP contribution < -0.4 is 5.73 Å². The number of nitrogens with two attached hydrogens (primary N) is 1. The number of nitrogen functional groups attached to an aromatic ring is 1. The zero-order valence-electron chi connectivity index (χ0n) is 7.50. The van der Waals surface area contributed by atoms with Gasteiger partial charge in [0, 0.05) is 6.42 Å². The van der Waals surface area contributed by atoms with Gasteiger partial charge in [0.05, 0.1) is 17.6 Å². The molecule has 2 rings (SSSR count). The van der Waals surface area contributed by atoms with Crippen molar-refractivity contribution in [3.8, 4) is 0 Å². The smallest absolute Gasteiger partial charge is 0.123 e. The SMILES string of the molecule is Nc1cn[nH]c1Cc1ccc(F)cc1. The molecule has 1 aromatic carbocycles. The third-order valence-corrected chi connectivity index (χ3v) is 2.05. The van der Waals surface area contributed by atoms with Crippen LogP contribution in [0, 0.1) is 5.82 Å². The standard InChI is InChI=1S/C10H10FN3/c11-8-3-1-7(2-4-8)5-10-9(12)6-13-14-10/h1-4,6H,5,12H2,(H,13,14). The number of aromatic nitrogens is 2. The molecule has 1 aromatic heterocycles. The van der Waals surface area contributed by atoms with Gasteiger partial charge in [-0.2, -0.15) is 5.10 Å². The van der Waals surface area contributed by atoms with Crippen LogP contribution in [0.3, 0.4) is 0 Å². The van der Waals surface area contributed by atoms with Crippen molar-refractivity contribution >= 4 is 5.69 Å². The molecule has 4 heteroatoms. The number of benzene rings is 1. The first kappa shape index (κ1) is 8.74. The fraction of sp³-hybridized carbons (Fsp3) is 0.100. The van der Waals surface area contributed by atoms with Gasteiger partial charge in [0.25, 0.3) is 0 Å². The minimum Gasteiger partial charge on any atom is -0.396 e. The number of halogens is 1. The zero-order chi connectivity index (χ0) is 9.97. The number of hydrogen-bond acceptors (Lipinski definition) is 2. The summed E-state index contributed by atoms with van der Waals surface area (Å²) in [6.07, 6.45) is 2.21. The first-order valence-corrected chi connectivity index (χ1v) is 4.28. The Morgan fingerprint density at radius 1 is 1.29 bits per heavy atom. The molecular weight excluding hydrogens is 181 g/mol. The Kier molecular flexibility index (Phi) is 2.18. The number of nitrogens with one attached hydrogen (secondary N) is 1. The number of nitrogens with zero attached hydrogens (tertiary/aromatic N) is 1. The van der Waals surface area contributed by atoms with Crippen LogP contribution in [-0.2, 0) is 6.42 Å². The molecular formula is C10H10FN3. The molecule has 3 N–H and O–H groups in total. The molecule has 2 aromatic rings. The first-order valence-electron chi connectivity index (χ1n) is 4.28. The minimum absolute atomic E-state index is 0.230. The van der Waals surface area contributed by atoms with Gasteiger partial charge in [0.1, 0.15) is 5.82 Å². The third-order valence-electron chi connectivity index (χ3n) is 2.05. The largest absolute Gasteiger partial charge is 0.396 e. The molecule has 0 radical (unpaired) electrons. The molecule has 0 atom stereocenters. The average molecular weight is 191 g/mol. The molecule has 0 unspecified atom stereocenters. The lowest BCUT2D eigenvalue weighted by Gasteiger charge is -1.99. The van der Waals surface area contributed by atoms with Crippen LogP contribution in [0.5, 0.6) is 0 Å². The lowest BCUT2D eigenvalue weighted by Crippen LogP contribution is -1.93. The van der Waals surface area contributed by atoms with Crippen LogP contribution in [0.4, 0.5) is 10.1 Å². The van der Waals surface area contributed by atoms with Crippen molar-refractivity contribution in [1.29, 1.82) is 0 Å². The summed E-state index contributed by atoms with van der Waals surface area (Å²) in [6, 6.07) is 6.33. The summed E-state index contributed by atoms with van der Waals surface area (Å²) < 4.78 is 12.6. The van der Waals surface area contributed by atoms with Gasteiger partial charge in [-0.1, -0.05) is 12.1 Å². The Hall–Kier alpha value is -1.84. The van der Waals surface area contributed by atoms with E-state index in [9.17, 15) is 4.39 Å². The van der Waals surface area contributed by atoms with E-state index in [-0.39, 0.29) is 5.82 Å². The second-order valence-electron chi connectivity index (χ2n) is 3.11. The van der Waals surface area contributed by atoms with Crippen LogP contribution in [0.15, 0.2) is 30.5 Å². The lowest BCUT2D eigenvalue weighted by molar-refractivity contribution is 0.627. The van der Waals surface area contributed by atoms with Crippen molar-refractivity contribution in [3.63, 3.8) is 0 Å². The average Bonchev–Trinajstić information content (AvgIpc) is 2.56. The second-order valence-corrected chi connectivity index (χ2v) is 3.11. The Labute approximate surface area is 80.8 Å². The maximum atomic E-state index is 12.6. The van der Waals surface area contributed by atoms with E-state index >= 15 is 0 Å². The highest BCUT2D eigenvalue weighted by Crippen LogP contribution is 2.13. The van der Waals surface area contributed by atoms with Crippen molar-refractivity contribution in [2.24, 2.45) is 0 Å². The lowest BCUT2D eigenvalue weighted by atomic mass is 10.1. The number of anilines is 1.